The molecule has 18 heavy (non-hydrogen) atoms. The minimum atomic E-state index is 0.263. The molecule has 0 unspecified atom stereocenters. The summed E-state index contributed by atoms with van der Waals surface area (Å²) in [7, 11) is 1.86. The van der Waals surface area contributed by atoms with E-state index in [1.807, 2.05) is 31.0 Å². The van der Waals surface area contributed by atoms with E-state index in [9.17, 15) is 0 Å². The number of halogens is 2. The van der Waals surface area contributed by atoms with Gasteiger partial charge in [0.15, 0.2) is 0 Å². The van der Waals surface area contributed by atoms with Gasteiger partial charge in [0.05, 0.1) is 16.6 Å². The summed E-state index contributed by atoms with van der Waals surface area (Å²) in [5, 5.41) is 0.811. The Hall–Kier alpha value is -1.39. The second-order valence-corrected chi connectivity index (χ2v) is 4.84. The van der Waals surface area contributed by atoms with Crippen LogP contribution in [-0.2, 0) is 6.54 Å². The molecule has 0 spiro atoms. The van der Waals surface area contributed by atoms with Gasteiger partial charge >= 0.3 is 0 Å². The van der Waals surface area contributed by atoms with Crippen molar-refractivity contribution in [2.75, 3.05) is 17.7 Å². The average molecular weight is 286 g/mol. The Bertz CT molecular complexity index is 568. The molecule has 2 aromatic rings. The molecular weight excluding hydrogens is 273 g/mol. The standard InChI is InChI=1S/C12H13Cl2N3O/c1-7-3-4-8(18-7)6-17(2)12-10(14)5-9(13)11(15)16-12/h3-5H,6H2,1-2H3,(H2,15,16). The van der Waals surface area contributed by atoms with Gasteiger partial charge in [-0.25, -0.2) is 4.98 Å². The highest BCUT2D eigenvalue weighted by atomic mass is 35.5. The van der Waals surface area contributed by atoms with Crippen molar-refractivity contribution in [1.29, 1.82) is 0 Å². The van der Waals surface area contributed by atoms with Gasteiger partial charge in [0, 0.05) is 7.05 Å². The number of aromatic nitrogens is 1. The summed E-state index contributed by atoms with van der Waals surface area (Å²) in [6.45, 7) is 2.45. The average Bonchev–Trinajstić information content (AvgIpc) is 2.69. The van der Waals surface area contributed by atoms with Crippen LogP contribution in [0.5, 0.6) is 0 Å². The first-order valence-corrected chi connectivity index (χ1v) is 6.11. The van der Waals surface area contributed by atoms with Crippen LogP contribution in [0.1, 0.15) is 11.5 Å². The monoisotopic (exact) mass is 285 g/mol. The fourth-order valence-electron chi connectivity index (χ4n) is 1.62. The molecule has 0 fully saturated rings. The molecule has 6 heteroatoms. The lowest BCUT2D eigenvalue weighted by molar-refractivity contribution is 0.481. The van der Waals surface area contributed by atoms with Gasteiger partial charge in [0.2, 0.25) is 0 Å². The number of pyridine rings is 1. The molecule has 96 valence electrons. The van der Waals surface area contributed by atoms with Gasteiger partial charge in [-0.05, 0) is 25.1 Å². The summed E-state index contributed by atoms with van der Waals surface area (Å²) in [6, 6.07) is 5.41. The first kappa shape index (κ1) is 13.1. The van der Waals surface area contributed by atoms with Crippen molar-refractivity contribution in [2.24, 2.45) is 0 Å². The minimum absolute atomic E-state index is 0.263. The predicted octanol–water partition coefficient (Wildman–Crippen LogP) is 3.51. The van der Waals surface area contributed by atoms with Crippen molar-refractivity contribution in [2.45, 2.75) is 13.5 Å². The van der Waals surface area contributed by atoms with Crippen molar-refractivity contribution in [3.05, 3.63) is 39.8 Å². The van der Waals surface area contributed by atoms with Crippen LogP contribution in [-0.4, -0.2) is 12.0 Å². The molecule has 0 amide bonds. The van der Waals surface area contributed by atoms with Crippen molar-refractivity contribution in [1.82, 2.24) is 4.98 Å². The summed E-state index contributed by atoms with van der Waals surface area (Å²) in [6.07, 6.45) is 0. The van der Waals surface area contributed by atoms with Crippen LogP contribution in [0.2, 0.25) is 10.0 Å². The van der Waals surface area contributed by atoms with Gasteiger partial charge in [-0.3, -0.25) is 0 Å². The molecule has 2 heterocycles. The molecule has 2 rings (SSSR count). The molecule has 0 saturated heterocycles. The fourth-order valence-corrected chi connectivity index (χ4v) is 2.12. The Morgan fingerprint density at radius 3 is 2.67 bits per heavy atom. The number of furan rings is 1. The number of aryl methyl sites for hydroxylation is 1. The van der Waals surface area contributed by atoms with E-state index in [-0.39, 0.29) is 5.82 Å². The maximum absolute atomic E-state index is 6.09. The Kier molecular flexibility index (Phi) is 3.68. The molecule has 0 atom stereocenters. The molecule has 2 N–H and O–H groups in total. The van der Waals surface area contributed by atoms with E-state index in [1.54, 1.807) is 6.07 Å². The van der Waals surface area contributed by atoms with E-state index in [4.69, 9.17) is 33.4 Å². The number of nitrogen functional groups attached to an aromatic ring is 1. The second kappa shape index (κ2) is 5.08. The highest BCUT2D eigenvalue weighted by Gasteiger charge is 2.13. The first-order chi connectivity index (χ1) is 8.47. The number of hydrogen-bond donors (Lipinski definition) is 1. The smallest absolute Gasteiger partial charge is 0.150 e. The molecule has 0 aliphatic rings. The first-order valence-electron chi connectivity index (χ1n) is 5.35. The maximum Gasteiger partial charge on any atom is 0.150 e. The molecule has 0 bridgehead atoms. The topological polar surface area (TPSA) is 55.3 Å². The van der Waals surface area contributed by atoms with E-state index in [0.717, 1.165) is 11.5 Å². The van der Waals surface area contributed by atoms with E-state index >= 15 is 0 Å². The lowest BCUT2D eigenvalue weighted by atomic mass is 10.3. The third kappa shape index (κ3) is 2.71. The maximum atomic E-state index is 6.09. The van der Waals surface area contributed by atoms with Gasteiger partial charge in [-0.1, -0.05) is 23.2 Å². The summed E-state index contributed by atoms with van der Waals surface area (Å²) in [5.41, 5.74) is 5.67. The van der Waals surface area contributed by atoms with E-state index in [1.165, 1.54) is 0 Å². The van der Waals surface area contributed by atoms with Crippen LogP contribution in [0.25, 0.3) is 0 Å². The zero-order valence-corrected chi connectivity index (χ0v) is 11.6. The fraction of sp³-hybridized carbons (Fsp3) is 0.250. The Morgan fingerprint density at radius 1 is 1.33 bits per heavy atom. The highest BCUT2D eigenvalue weighted by Crippen LogP contribution is 2.30. The van der Waals surface area contributed by atoms with Crippen molar-refractivity contribution < 1.29 is 4.42 Å². The van der Waals surface area contributed by atoms with Crippen molar-refractivity contribution in [3.63, 3.8) is 0 Å². The van der Waals surface area contributed by atoms with E-state index in [2.05, 4.69) is 4.98 Å². The van der Waals surface area contributed by atoms with Crippen molar-refractivity contribution >= 4 is 34.8 Å². The van der Waals surface area contributed by atoms with Crippen LogP contribution in [0.4, 0.5) is 11.6 Å². The number of hydrogen-bond acceptors (Lipinski definition) is 4. The molecule has 2 aromatic heterocycles. The summed E-state index contributed by atoms with van der Waals surface area (Å²) >= 11 is 11.9. The SMILES string of the molecule is Cc1ccc(CN(C)c2nc(N)c(Cl)cc2Cl)o1. The van der Waals surface area contributed by atoms with Gasteiger partial charge in [-0.2, -0.15) is 0 Å². The molecular formula is C12H13Cl2N3O. The molecule has 0 aliphatic heterocycles. The number of anilines is 2. The lowest BCUT2D eigenvalue weighted by Crippen LogP contribution is -2.18. The van der Waals surface area contributed by atoms with Crippen LogP contribution in [0.3, 0.4) is 0 Å². The Labute approximate surface area is 115 Å². The van der Waals surface area contributed by atoms with Crippen LogP contribution in [0, 0.1) is 6.92 Å². The predicted molar refractivity (Wildman–Crippen MR) is 74.2 cm³/mol. The molecule has 4 nitrogen and oxygen atoms in total. The minimum Gasteiger partial charge on any atom is -0.464 e. The molecule has 0 aliphatic carbocycles. The third-order valence-corrected chi connectivity index (χ3v) is 3.07. The van der Waals surface area contributed by atoms with Gasteiger partial charge in [0.25, 0.3) is 0 Å². The quantitative estimate of drug-likeness (QED) is 0.938. The number of rotatable bonds is 3. The molecule has 0 radical (unpaired) electrons. The summed E-state index contributed by atoms with van der Waals surface area (Å²) in [4.78, 5) is 6.03. The largest absolute Gasteiger partial charge is 0.464 e. The zero-order valence-electron chi connectivity index (χ0n) is 10.1. The van der Waals surface area contributed by atoms with E-state index < -0.39 is 0 Å². The Morgan fingerprint density at radius 2 is 2.06 bits per heavy atom. The molecule has 0 aromatic carbocycles. The van der Waals surface area contributed by atoms with Gasteiger partial charge in [0.1, 0.15) is 23.2 Å². The van der Waals surface area contributed by atoms with Crippen LogP contribution in [0.15, 0.2) is 22.6 Å². The summed E-state index contributed by atoms with van der Waals surface area (Å²) < 4.78 is 5.50. The van der Waals surface area contributed by atoms with Crippen LogP contribution >= 0.6 is 23.2 Å². The van der Waals surface area contributed by atoms with Gasteiger partial charge < -0.3 is 15.1 Å². The zero-order chi connectivity index (χ0) is 13.3. The number of nitrogens with two attached hydrogens (primary N) is 1. The van der Waals surface area contributed by atoms with E-state index in [0.29, 0.717) is 22.4 Å². The number of nitrogens with zero attached hydrogens (tertiary/aromatic N) is 2. The summed E-state index contributed by atoms with van der Waals surface area (Å²) in [5.74, 6) is 2.54. The normalized spacial score (nSPS) is 10.7. The van der Waals surface area contributed by atoms with Crippen LogP contribution < -0.4 is 10.6 Å². The van der Waals surface area contributed by atoms with Gasteiger partial charge in [-0.15, -0.1) is 0 Å². The second-order valence-electron chi connectivity index (χ2n) is 4.03. The molecule has 0 saturated carbocycles. The highest BCUT2D eigenvalue weighted by molar-refractivity contribution is 6.37. The lowest BCUT2D eigenvalue weighted by Gasteiger charge is -2.18. The Balaban J connectivity index is 2.23. The third-order valence-electron chi connectivity index (χ3n) is 2.49. The van der Waals surface area contributed by atoms with Crippen molar-refractivity contribution in [3.8, 4) is 0 Å².